The maximum Gasteiger partial charge on any atom is 0.265 e. The van der Waals surface area contributed by atoms with E-state index in [1.54, 1.807) is 30.1 Å². The summed E-state index contributed by atoms with van der Waals surface area (Å²) >= 11 is 12.5. The second-order valence-corrected chi connectivity index (χ2v) is 15.1. The second-order valence-electron chi connectivity index (χ2n) is 14.3. The number of anilines is 2. The number of pyridine rings is 1. The van der Waals surface area contributed by atoms with Crippen LogP contribution in [0.5, 0.6) is 5.75 Å². The number of hydrogen-bond donors (Lipinski definition) is 2. The van der Waals surface area contributed by atoms with E-state index in [0.29, 0.717) is 41.7 Å². The van der Waals surface area contributed by atoms with Crippen LogP contribution in [-0.4, -0.2) is 86.8 Å². The maximum absolute atomic E-state index is 16.6. The first-order valence-electron chi connectivity index (χ1n) is 22.2. The molecule has 1 saturated carbocycles. The van der Waals surface area contributed by atoms with Gasteiger partial charge >= 0.3 is 0 Å². The Morgan fingerprint density at radius 2 is 1.67 bits per heavy atom. The minimum absolute atomic E-state index is 0.0508. The molecule has 2 atom stereocenters. The smallest absolute Gasteiger partial charge is 0.265 e. The lowest BCUT2D eigenvalue weighted by atomic mass is 9.85. The van der Waals surface area contributed by atoms with Crippen molar-refractivity contribution in [3.05, 3.63) is 87.0 Å². The number of nitrogens with two attached hydrogens (primary N) is 1. The number of rotatable bonds is 9. The fraction of sp³-hybridized carbons (Fsp3) is 0.400. The zero-order valence-corrected chi connectivity index (χ0v) is 32.0. The summed E-state index contributed by atoms with van der Waals surface area (Å²) in [6, 6.07) is 2.49. The number of halogens is 5. The average molecular weight is 848 g/mol. The lowest BCUT2D eigenvalue weighted by molar-refractivity contribution is -0.136. The maximum atomic E-state index is 16.6. The van der Waals surface area contributed by atoms with Gasteiger partial charge in [-0.3, -0.25) is 39.0 Å². The summed E-state index contributed by atoms with van der Waals surface area (Å²) in [5.74, 6) is -9.21. The van der Waals surface area contributed by atoms with Crippen molar-refractivity contribution in [1.29, 1.82) is 0 Å². The van der Waals surface area contributed by atoms with E-state index in [9.17, 15) is 23.6 Å². The van der Waals surface area contributed by atoms with E-state index in [0.717, 1.165) is 6.07 Å². The highest BCUT2D eigenvalue weighted by molar-refractivity contribution is 6.36. The van der Waals surface area contributed by atoms with Gasteiger partial charge in [-0.05, 0) is 63.1 Å². The van der Waals surface area contributed by atoms with Gasteiger partial charge < -0.3 is 15.4 Å². The third-order valence-electron chi connectivity index (χ3n) is 10.7. The van der Waals surface area contributed by atoms with E-state index < -0.39 is 108 Å². The molecule has 2 aromatic heterocycles. The van der Waals surface area contributed by atoms with Crippen molar-refractivity contribution in [3.63, 3.8) is 0 Å². The van der Waals surface area contributed by atoms with Gasteiger partial charge in [0.05, 0.1) is 39.6 Å². The van der Waals surface area contributed by atoms with Crippen molar-refractivity contribution in [2.45, 2.75) is 63.6 Å². The number of imide groups is 2. The summed E-state index contributed by atoms with van der Waals surface area (Å²) in [7, 11) is 0. The molecular weight excluding hydrogens is 800 g/mol. The molecule has 13 nitrogen and oxygen atoms in total. The molecular formula is C40H39Cl2F3N8O5. The second kappa shape index (κ2) is 15.9. The van der Waals surface area contributed by atoms with Crippen LogP contribution in [0.2, 0.25) is 10.0 Å². The first kappa shape index (κ1) is 30.8. The van der Waals surface area contributed by atoms with Crippen LogP contribution in [0.1, 0.15) is 94.8 Å². The van der Waals surface area contributed by atoms with E-state index in [1.807, 2.05) is 5.32 Å². The van der Waals surface area contributed by atoms with Crippen LogP contribution in [0.3, 0.4) is 0 Å². The molecule has 1 aliphatic carbocycles. The Kier molecular flexibility index (Phi) is 8.43. The normalized spacial score (nSPS) is 27.5. The van der Waals surface area contributed by atoms with Crippen molar-refractivity contribution in [1.82, 2.24) is 29.9 Å². The molecule has 18 heteroatoms. The molecule has 8 rings (SSSR count). The van der Waals surface area contributed by atoms with Crippen molar-refractivity contribution in [2.24, 2.45) is 5.92 Å². The highest BCUT2D eigenvalue weighted by Gasteiger charge is 2.48. The number of benzene rings is 2. The minimum atomic E-state index is -3.67. The molecule has 3 aliphatic heterocycles. The molecule has 0 bridgehead atoms. The number of carbonyl (C=O) groups is 4. The van der Waals surface area contributed by atoms with Gasteiger partial charge in [-0.15, -0.1) is 0 Å². The Morgan fingerprint density at radius 1 is 0.948 bits per heavy atom. The molecule has 58 heavy (non-hydrogen) atoms. The summed E-state index contributed by atoms with van der Waals surface area (Å²) in [5, 5.41) is 6.46. The number of fused-ring (bicyclic) bond motifs is 1. The highest BCUT2D eigenvalue weighted by Crippen LogP contribution is 2.39. The molecule has 4 aliphatic rings. The summed E-state index contributed by atoms with van der Waals surface area (Å²) in [6.45, 7) is -13.1. The third kappa shape index (κ3) is 7.37. The van der Waals surface area contributed by atoms with Gasteiger partial charge in [0.1, 0.15) is 23.8 Å². The zero-order valence-electron chi connectivity index (χ0n) is 38.5. The van der Waals surface area contributed by atoms with Crippen molar-refractivity contribution >= 4 is 58.3 Å². The molecule has 2 aromatic carbocycles. The Bertz CT molecular complexity index is 2680. The molecule has 4 amide bonds. The number of piperazine rings is 1. The van der Waals surface area contributed by atoms with Gasteiger partial charge in [-0.25, -0.2) is 18.2 Å². The Balaban J connectivity index is 0.982. The summed E-state index contributed by atoms with van der Waals surface area (Å²) in [4.78, 5) is 55.7. The van der Waals surface area contributed by atoms with Crippen molar-refractivity contribution < 1.29 is 48.1 Å². The number of aromatic nitrogens is 3. The predicted octanol–water partition coefficient (Wildman–Crippen LogP) is 6.35. The van der Waals surface area contributed by atoms with Crippen LogP contribution in [-0.2, 0) is 9.59 Å². The van der Waals surface area contributed by atoms with Gasteiger partial charge in [-0.2, -0.15) is 5.10 Å². The van der Waals surface area contributed by atoms with E-state index >= 15 is 8.78 Å². The van der Waals surface area contributed by atoms with Crippen LogP contribution in [0.4, 0.5) is 24.7 Å². The molecule has 3 fully saturated rings. The number of ether oxygens (including phenoxy) is 1. The fourth-order valence-electron chi connectivity index (χ4n) is 7.63. The van der Waals surface area contributed by atoms with Crippen LogP contribution in [0.15, 0.2) is 42.9 Å². The Morgan fingerprint density at radius 3 is 2.40 bits per heavy atom. The summed E-state index contributed by atoms with van der Waals surface area (Å²) < 4.78 is 126. The molecule has 3 N–H and O–H groups in total. The molecule has 2 saturated heterocycles. The number of piperidine rings is 1. The lowest BCUT2D eigenvalue weighted by Gasteiger charge is -2.39. The topological polar surface area (TPSA) is 156 Å². The largest absolute Gasteiger partial charge is 0.482 e. The summed E-state index contributed by atoms with van der Waals surface area (Å²) in [5.41, 5.74) is 3.72. The molecule has 304 valence electrons. The van der Waals surface area contributed by atoms with Gasteiger partial charge in [0.15, 0.2) is 17.4 Å². The monoisotopic (exact) mass is 846 g/mol. The average Bonchev–Trinajstić information content (AvgIpc) is 3.83. The standard InChI is InChI=1S/C40H39Cl2F3N8O5/c1-20(32-25(41)6-7-26(43)35(32)42)58-30-14-22(16-47-37(30)46)23-17-48-52(19-23)24-4-2-21(3-5-24)18-50-10-12-51(13-11-50)29-15-27(44)33-34(36(29)45)40(57)53(39(33)56)28-8-9-31(54)49-38(28)55/h6-7,14-17,19-21,24,28H,2-5,8-13,18H2,1H3,(H2,46,47)(H,49,54,55)/t20-,21?,24?,28?/m1/s1/i10D2,11D2,12D2,13D2. The predicted molar refractivity (Wildman–Crippen MR) is 208 cm³/mol. The van der Waals surface area contributed by atoms with Crippen LogP contribution < -0.4 is 20.7 Å². The zero-order chi connectivity index (χ0) is 48.2. The number of nitrogen functional groups attached to an aromatic ring is 1. The number of carbonyl (C=O) groups excluding carboxylic acids is 4. The van der Waals surface area contributed by atoms with Crippen LogP contribution >= 0.6 is 23.2 Å². The fourth-order valence-corrected chi connectivity index (χ4v) is 8.31. The first-order valence-corrected chi connectivity index (χ1v) is 19.0. The van der Waals surface area contributed by atoms with E-state index in [1.165, 1.54) is 12.3 Å². The van der Waals surface area contributed by atoms with Gasteiger partial charge in [-0.1, -0.05) is 23.2 Å². The number of amides is 4. The number of hydrogen-bond acceptors (Lipinski definition) is 10. The molecule has 4 aromatic rings. The van der Waals surface area contributed by atoms with Gasteiger partial charge in [0.2, 0.25) is 11.8 Å². The van der Waals surface area contributed by atoms with E-state index in [-0.39, 0.29) is 61.9 Å². The molecule has 0 radical (unpaired) electrons. The highest BCUT2D eigenvalue weighted by atomic mass is 35.5. The van der Waals surface area contributed by atoms with Gasteiger partial charge in [0.25, 0.3) is 11.8 Å². The van der Waals surface area contributed by atoms with E-state index in [4.69, 9.17) is 44.6 Å². The number of nitrogens with zero attached hydrogens (tertiary/aromatic N) is 6. The van der Waals surface area contributed by atoms with E-state index in [2.05, 4.69) is 10.1 Å². The van der Waals surface area contributed by atoms with Crippen molar-refractivity contribution in [3.8, 4) is 16.9 Å². The van der Waals surface area contributed by atoms with Crippen LogP contribution in [0, 0.1) is 23.4 Å². The lowest BCUT2D eigenvalue weighted by Crippen LogP contribution is -2.54. The first-order chi connectivity index (χ1) is 30.8. The number of nitrogens with one attached hydrogen (secondary N) is 1. The molecule has 1 unspecified atom stereocenters. The quantitative estimate of drug-likeness (QED) is 0.144. The summed E-state index contributed by atoms with van der Waals surface area (Å²) in [6.07, 6.45) is 4.96. The minimum Gasteiger partial charge on any atom is -0.482 e. The molecule has 0 spiro atoms. The Labute approximate surface area is 352 Å². The molecule has 5 heterocycles. The SMILES string of the molecule is [2H]C1([2H])N(CC2CCC(n3cc(-c4cnc(N)c(O[C@H](C)c5c(Cl)ccc(F)c5Cl)c4)cn3)CC2)C([2H])([2H])C([2H])([2H])N(c2cc(F)c3c(c2F)C(=O)N(C2CCC(=O)NC2=O)C3=O)C1([2H])[2H]. The van der Waals surface area contributed by atoms with Gasteiger partial charge in [0, 0.05) is 84.6 Å². The Hall–Kier alpha value is -5.19. The third-order valence-corrected chi connectivity index (χ3v) is 11.4. The van der Waals surface area contributed by atoms with Crippen molar-refractivity contribution in [2.75, 3.05) is 43.2 Å². The van der Waals surface area contributed by atoms with Crippen LogP contribution in [0.25, 0.3) is 11.1 Å².